The highest BCUT2D eigenvalue weighted by Gasteiger charge is 2.39. The number of alkyl halides is 3. The molecule has 1 aromatic rings. The topological polar surface area (TPSA) is 61.1 Å². The number of halogens is 4. The van der Waals surface area contributed by atoms with Crippen molar-refractivity contribution >= 4 is 21.9 Å². The Hall–Kier alpha value is -1.55. The molecule has 0 aliphatic carbocycles. The van der Waals surface area contributed by atoms with Crippen LogP contribution in [0.5, 0.6) is 0 Å². The van der Waals surface area contributed by atoms with Crippen LogP contribution in [-0.2, 0) is 6.18 Å². The second-order valence-corrected chi connectivity index (χ2v) is 3.61. The summed E-state index contributed by atoms with van der Waals surface area (Å²) in [4.78, 5) is 10.7. The van der Waals surface area contributed by atoms with Crippen molar-refractivity contribution in [1.29, 1.82) is 5.26 Å². The number of carboxylic acids is 1. The zero-order chi connectivity index (χ0) is 12.5. The number of aromatic carboxylic acids is 1. The Labute approximate surface area is 96.2 Å². The molecule has 0 saturated carbocycles. The molecule has 0 aliphatic heterocycles. The minimum absolute atomic E-state index is 0.406. The summed E-state index contributed by atoms with van der Waals surface area (Å²) < 4.78 is 37.3. The lowest BCUT2D eigenvalue weighted by Crippen LogP contribution is -2.15. The monoisotopic (exact) mass is 293 g/mol. The molecule has 0 bridgehead atoms. The van der Waals surface area contributed by atoms with E-state index in [4.69, 9.17) is 10.4 Å². The van der Waals surface area contributed by atoms with Crippen molar-refractivity contribution in [3.63, 3.8) is 0 Å². The number of hydrogen-bond donors (Lipinski definition) is 1. The lowest BCUT2D eigenvalue weighted by molar-refractivity contribution is -0.138. The second kappa shape index (κ2) is 4.14. The molecule has 84 valence electrons. The number of benzene rings is 1. The average molecular weight is 294 g/mol. The summed E-state index contributed by atoms with van der Waals surface area (Å²) in [6.45, 7) is 0. The first-order valence-corrected chi connectivity index (χ1v) is 4.61. The maximum Gasteiger partial charge on any atom is 0.418 e. The van der Waals surface area contributed by atoms with Crippen LogP contribution in [0.3, 0.4) is 0 Å². The van der Waals surface area contributed by atoms with E-state index in [0.717, 1.165) is 12.1 Å². The summed E-state index contributed by atoms with van der Waals surface area (Å²) in [5, 5.41) is 17.2. The minimum atomic E-state index is -4.83. The molecule has 0 spiro atoms. The van der Waals surface area contributed by atoms with Crippen LogP contribution >= 0.6 is 15.9 Å². The third kappa shape index (κ3) is 2.17. The fraction of sp³-hybridized carbons (Fsp3) is 0.111. The molecular formula is C9H3BrF3NO2. The van der Waals surface area contributed by atoms with Gasteiger partial charge in [0.15, 0.2) is 0 Å². The smallest absolute Gasteiger partial charge is 0.418 e. The SMILES string of the molecule is N#Cc1ccc(Br)c(C(F)(F)F)c1C(=O)O. The lowest BCUT2D eigenvalue weighted by atomic mass is 10.0. The molecule has 0 fully saturated rings. The lowest BCUT2D eigenvalue weighted by Gasteiger charge is -2.13. The van der Waals surface area contributed by atoms with Gasteiger partial charge in [-0.2, -0.15) is 18.4 Å². The predicted molar refractivity (Wildman–Crippen MR) is 50.8 cm³/mol. The first-order chi connectivity index (χ1) is 7.29. The first-order valence-electron chi connectivity index (χ1n) is 3.82. The molecule has 0 aromatic heterocycles. The molecule has 0 saturated heterocycles. The number of nitrogens with zero attached hydrogens (tertiary/aromatic N) is 1. The number of hydrogen-bond acceptors (Lipinski definition) is 2. The molecule has 3 nitrogen and oxygen atoms in total. The number of rotatable bonds is 1. The van der Waals surface area contributed by atoms with Gasteiger partial charge in [0.25, 0.3) is 0 Å². The number of nitriles is 1. The van der Waals surface area contributed by atoms with Crippen LogP contribution in [0.25, 0.3) is 0 Å². The maximum absolute atomic E-state index is 12.6. The quantitative estimate of drug-likeness (QED) is 0.866. The molecule has 0 unspecified atom stereocenters. The summed E-state index contributed by atoms with van der Waals surface area (Å²) in [5.41, 5.74) is -2.91. The van der Waals surface area contributed by atoms with Gasteiger partial charge in [0, 0.05) is 4.47 Å². The third-order valence-electron chi connectivity index (χ3n) is 1.77. The van der Waals surface area contributed by atoms with E-state index < -0.39 is 33.3 Å². The standard InChI is InChI=1S/C9H3BrF3NO2/c10-5-2-1-4(3-14)6(8(15)16)7(5)9(11,12)13/h1-2H,(H,15,16). The van der Waals surface area contributed by atoms with Crippen molar-refractivity contribution in [3.8, 4) is 6.07 Å². The summed E-state index contributed by atoms with van der Waals surface area (Å²) in [6.07, 6.45) is -4.83. The molecule has 1 aromatic carbocycles. The molecule has 1 N–H and O–H groups in total. The molecule has 0 atom stereocenters. The van der Waals surface area contributed by atoms with Crippen LogP contribution in [0, 0.1) is 11.3 Å². The van der Waals surface area contributed by atoms with Gasteiger partial charge >= 0.3 is 12.1 Å². The van der Waals surface area contributed by atoms with Crippen molar-refractivity contribution < 1.29 is 23.1 Å². The van der Waals surface area contributed by atoms with Gasteiger partial charge in [-0.25, -0.2) is 4.79 Å². The van der Waals surface area contributed by atoms with E-state index in [1.807, 2.05) is 0 Å². The van der Waals surface area contributed by atoms with Crippen molar-refractivity contribution in [2.45, 2.75) is 6.18 Å². The Morgan fingerprint density at radius 2 is 2.00 bits per heavy atom. The molecule has 0 radical (unpaired) electrons. The van der Waals surface area contributed by atoms with Gasteiger partial charge in [0.1, 0.15) is 6.07 Å². The largest absolute Gasteiger partial charge is 0.478 e. The molecular weight excluding hydrogens is 291 g/mol. The molecule has 0 aliphatic rings. The van der Waals surface area contributed by atoms with Crippen LogP contribution in [0.2, 0.25) is 0 Å². The molecule has 1 rings (SSSR count). The molecule has 0 amide bonds. The molecule has 16 heavy (non-hydrogen) atoms. The van der Waals surface area contributed by atoms with Gasteiger partial charge in [-0.3, -0.25) is 0 Å². The van der Waals surface area contributed by atoms with Gasteiger partial charge in [0.2, 0.25) is 0 Å². The molecule has 7 heteroatoms. The average Bonchev–Trinajstić information content (AvgIpc) is 2.15. The van der Waals surface area contributed by atoms with Crippen LogP contribution in [0.4, 0.5) is 13.2 Å². The Morgan fingerprint density at radius 3 is 2.38 bits per heavy atom. The Kier molecular flexibility index (Phi) is 3.24. The summed E-state index contributed by atoms with van der Waals surface area (Å²) in [6, 6.07) is 3.43. The van der Waals surface area contributed by atoms with E-state index in [1.165, 1.54) is 6.07 Å². The van der Waals surface area contributed by atoms with E-state index >= 15 is 0 Å². The van der Waals surface area contributed by atoms with E-state index in [2.05, 4.69) is 15.9 Å². The summed E-state index contributed by atoms with van der Waals surface area (Å²) in [7, 11) is 0. The van der Waals surface area contributed by atoms with Crippen molar-refractivity contribution in [2.24, 2.45) is 0 Å². The maximum atomic E-state index is 12.6. The Bertz CT molecular complexity index is 491. The first kappa shape index (κ1) is 12.5. The normalized spacial score (nSPS) is 10.9. The highest BCUT2D eigenvalue weighted by Crippen LogP contribution is 2.38. The van der Waals surface area contributed by atoms with Gasteiger partial charge in [-0.05, 0) is 12.1 Å². The van der Waals surface area contributed by atoms with E-state index in [0.29, 0.717) is 0 Å². The van der Waals surface area contributed by atoms with Crippen LogP contribution < -0.4 is 0 Å². The Morgan fingerprint density at radius 1 is 1.44 bits per heavy atom. The zero-order valence-corrected chi connectivity index (χ0v) is 9.06. The van der Waals surface area contributed by atoms with Crippen molar-refractivity contribution in [1.82, 2.24) is 0 Å². The van der Waals surface area contributed by atoms with Crippen molar-refractivity contribution in [3.05, 3.63) is 33.3 Å². The van der Waals surface area contributed by atoms with Crippen LogP contribution in [-0.4, -0.2) is 11.1 Å². The van der Waals surface area contributed by atoms with E-state index in [9.17, 15) is 18.0 Å². The zero-order valence-electron chi connectivity index (χ0n) is 7.47. The Balaban J connectivity index is 3.70. The minimum Gasteiger partial charge on any atom is -0.478 e. The highest BCUT2D eigenvalue weighted by molar-refractivity contribution is 9.10. The second-order valence-electron chi connectivity index (χ2n) is 2.76. The van der Waals surface area contributed by atoms with E-state index in [1.54, 1.807) is 0 Å². The van der Waals surface area contributed by atoms with Gasteiger partial charge < -0.3 is 5.11 Å². The fourth-order valence-corrected chi connectivity index (χ4v) is 1.72. The number of carboxylic acid groups (broad SMARTS) is 1. The fourth-order valence-electron chi connectivity index (χ4n) is 1.17. The predicted octanol–water partition coefficient (Wildman–Crippen LogP) is 3.04. The number of carbonyl (C=O) groups is 1. The van der Waals surface area contributed by atoms with Gasteiger partial charge in [-0.15, -0.1) is 0 Å². The van der Waals surface area contributed by atoms with Gasteiger partial charge in [-0.1, -0.05) is 15.9 Å². The summed E-state index contributed by atoms with van der Waals surface area (Å²) >= 11 is 2.62. The highest BCUT2D eigenvalue weighted by atomic mass is 79.9. The van der Waals surface area contributed by atoms with Crippen molar-refractivity contribution in [2.75, 3.05) is 0 Å². The van der Waals surface area contributed by atoms with Crippen LogP contribution in [0.15, 0.2) is 16.6 Å². The van der Waals surface area contributed by atoms with Gasteiger partial charge in [0.05, 0.1) is 16.7 Å². The summed E-state index contributed by atoms with van der Waals surface area (Å²) in [5.74, 6) is -1.79. The molecule has 0 heterocycles. The van der Waals surface area contributed by atoms with Crippen LogP contribution in [0.1, 0.15) is 21.5 Å². The van der Waals surface area contributed by atoms with E-state index in [-0.39, 0.29) is 0 Å². The third-order valence-corrected chi connectivity index (χ3v) is 2.43.